The molecule has 0 aromatic heterocycles. The molecule has 0 unspecified atom stereocenters. The molecule has 0 radical (unpaired) electrons. The van der Waals surface area contributed by atoms with Gasteiger partial charge in [0, 0.05) is 23.1 Å². The van der Waals surface area contributed by atoms with E-state index in [0.29, 0.717) is 23.3 Å². The van der Waals surface area contributed by atoms with Crippen LogP contribution in [0, 0.1) is 5.92 Å². The highest BCUT2D eigenvalue weighted by atomic mass is 79.9. The summed E-state index contributed by atoms with van der Waals surface area (Å²) in [5, 5.41) is 5.75. The number of rotatable bonds is 6. The van der Waals surface area contributed by atoms with Gasteiger partial charge in [0.15, 0.2) is 5.17 Å². The second-order valence-electron chi connectivity index (χ2n) is 5.72. The van der Waals surface area contributed by atoms with E-state index in [9.17, 15) is 9.59 Å². The molecule has 0 saturated carbocycles. The van der Waals surface area contributed by atoms with Crippen molar-refractivity contribution in [2.24, 2.45) is 10.9 Å². The molecule has 0 spiro atoms. The third-order valence-electron chi connectivity index (χ3n) is 3.24. The van der Waals surface area contributed by atoms with Crippen LogP contribution in [-0.4, -0.2) is 28.8 Å². The van der Waals surface area contributed by atoms with Crippen LogP contribution in [0.5, 0.6) is 0 Å². The van der Waals surface area contributed by atoms with Gasteiger partial charge in [0.1, 0.15) is 5.25 Å². The summed E-state index contributed by atoms with van der Waals surface area (Å²) in [4.78, 5) is 28.3. The molecule has 1 heterocycles. The van der Waals surface area contributed by atoms with Crippen molar-refractivity contribution in [1.82, 2.24) is 5.32 Å². The topological polar surface area (TPSA) is 70.6 Å². The standard InChI is InChI=1S/C16H20BrN3O2S/c1-10(2)7-8-18-16-20-15(22)13(23-16)9-14(21)19-12-5-3-11(17)4-6-12/h3-6,10,13H,7-9H2,1-2H3,(H,19,21)(H,18,20,22)/t13-/m0/s1. The average molecular weight is 398 g/mol. The van der Waals surface area contributed by atoms with Crippen molar-refractivity contribution < 1.29 is 9.59 Å². The van der Waals surface area contributed by atoms with Gasteiger partial charge in [-0.25, -0.2) is 0 Å². The maximum absolute atomic E-state index is 12.1. The van der Waals surface area contributed by atoms with Crippen molar-refractivity contribution >= 4 is 50.4 Å². The number of amidine groups is 1. The van der Waals surface area contributed by atoms with Gasteiger partial charge in [-0.2, -0.15) is 0 Å². The summed E-state index contributed by atoms with van der Waals surface area (Å²) in [5.74, 6) is 0.251. The third kappa shape index (κ3) is 5.99. The zero-order chi connectivity index (χ0) is 16.8. The van der Waals surface area contributed by atoms with E-state index >= 15 is 0 Å². The van der Waals surface area contributed by atoms with Crippen LogP contribution in [0.15, 0.2) is 33.7 Å². The third-order valence-corrected chi connectivity index (χ3v) is 4.89. The molecule has 2 N–H and O–H groups in total. The minimum Gasteiger partial charge on any atom is -0.326 e. The van der Waals surface area contributed by atoms with E-state index in [2.05, 4.69) is 45.4 Å². The molecule has 1 fully saturated rings. The van der Waals surface area contributed by atoms with E-state index in [-0.39, 0.29) is 18.2 Å². The highest BCUT2D eigenvalue weighted by Crippen LogP contribution is 2.23. The first-order valence-corrected chi connectivity index (χ1v) is 9.18. The van der Waals surface area contributed by atoms with Gasteiger partial charge in [-0.1, -0.05) is 41.5 Å². The molecule has 0 aliphatic carbocycles. The minimum atomic E-state index is -0.414. The van der Waals surface area contributed by atoms with Crippen molar-refractivity contribution in [2.75, 3.05) is 11.9 Å². The number of benzene rings is 1. The van der Waals surface area contributed by atoms with Crippen LogP contribution in [0.25, 0.3) is 0 Å². The summed E-state index contributed by atoms with van der Waals surface area (Å²) >= 11 is 4.68. The zero-order valence-electron chi connectivity index (χ0n) is 13.1. The molecule has 2 rings (SSSR count). The Morgan fingerprint density at radius 2 is 2.09 bits per heavy atom. The number of nitrogens with one attached hydrogen (secondary N) is 2. The van der Waals surface area contributed by atoms with Crippen LogP contribution in [0.2, 0.25) is 0 Å². The molecule has 1 saturated heterocycles. The van der Waals surface area contributed by atoms with Crippen molar-refractivity contribution in [3.8, 4) is 0 Å². The number of hydrogen-bond acceptors (Lipinski definition) is 4. The van der Waals surface area contributed by atoms with Gasteiger partial charge in [0.25, 0.3) is 0 Å². The lowest BCUT2D eigenvalue weighted by Crippen LogP contribution is -2.28. The first-order valence-electron chi connectivity index (χ1n) is 7.51. The summed E-state index contributed by atoms with van der Waals surface area (Å²) < 4.78 is 0.948. The highest BCUT2D eigenvalue weighted by molar-refractivity contribution is 9.10. The molecule has 124 valence electrons. The van der Waals surface area contributed by atoms with Crippen LogP contribution < -0.4 is 10.6 Å². The molecule has 5 nitrogen and oxygen atoms in total. The lowest BCUT2D eigenvalue weighted by molar-refractivity contribution is -0.122. The molecule has 0 bridgehead atoms. The normalized spacial score (nSPS) is 19.2. The smallest absolute Gasteiger partial charge is 0.240 e. The van der Waals surface area contributed by atoms with Gasteiger partial charge in [-0.05, 0) is 36.6 Å². The Morgan fingerprint density at radius 1 is 1.39 bits per heavy atom. The van der Waals surface area contributed by atoms with E-state index in [4.69, 9.17) is 0 Å². The second kappa shape index (κ2) is 8.49. The van der Waals surface area contributed by atoms with E-state index in [0.717, 1.165) is 10.9 Å². The van der Waals surface area contributed by atoms with Crippen molar-refractivity contribution in [3.63, 3.8) is 0 Å². The first-order chi connectivity index (χ1) is 10.9. The Hall–Kier alpha value is -1.34. The summed E-state index contributed by atoms with van der Waals surface area (Å²) in [6.45, 7) is 4.96. The number of aliphatic imine (C=N–C) groups is 1. The maximum Gasteiger partial charge on any atom is 0.240 e. The number of halogens is 1. The number of hydrogen-bond donors (Lipinski definition) is 2. The zero-order valence-corrected chi connectivity index (χ0v) is 15.5. The van der Waals surface area contributed by atoms with E-state index in [1.54, 1.807) is 0 Å². The number of carbonyl (C=O) groups is 2. The first kappa shape index (κ1) is 18.0. The molecule has 2 amide bonds. The number of nitrogens with zero attached hydrogens (tertiary/aromatic N) is 1. The average Bonchev–Trinajstić information content (AvgIpc) is 2.81. The van der Waals surface area contributed by atoms with Crippen LogP contribution in [0.4, 0.5) is 5.69 Å². The number of carbonyl (C=O) groups excluding carboxylic acids is 2. The van der Waals surface area contributed by atoms with Gasteiger partial charge in [0.2, 0.25) is 11.8 Å². The largest absolute Gasteiger partial charge is 0.326 e. The van der Waals surface area contributed by atoms with E-state index in [1.165, 1.54) is 11.8 Å². The maximum atomic E-state index is 12.1. The number of anilines is 1. The van der Waals surface area contributed by atoms with Crippen molar-refractivity contribution in [2.45, 2.75) is 31.9 Å². The SMILES string of the molecule is CC(C)CCN=C1NC(=O)[C@H](CC(=O)Nc2ccc(Br)cc2)S1. The van der Waals surface area contributed by atoms with E-state index in [1.807, 2.05) is 24.3 Å². The Kier molecular flexibility index (Phi) is 6.65. The van der Waals surface area contributed by atoms with Crippen LogP contribution in [0.3, 0.4) is 0 Å². The van der Waals surface area contributed by atoms with Gasteiger partial charge >= 0.3 is 0 Å². The monoisotopic (exact) mass is 397 g/mol. The van der Waals surface area contributed by atoms with Crippen molar-refractivity contribution in [1.29, 1.82) is 0 Å². The Balaban J connectivity index is 1.84. The van der Waals surface area contributed by atoms with E-state index < -0.39 is 5.25 Å². The van der Waals surface area contributed by atoms with Gasteiger partial charge in [-0.15, -0.1) is 0 Å². The van der Waals surface area contributed by atoms with Crippen molar-refractivity contribution in [3.05, 3.63) is 28.7 Å². The Labute approximate surface area is 148 Å². The lowest BCUT2D eigenvalue weighted by atomic mass is 10.1. The minimum absolute atomic E-state index is 0.135. The quantitative estimate of drug-likeness (QED) is 0.772. The molecule has 1 atom stereocenters. The molecule has 1 aromatic carbocycles. The van der Waals surface area contributed by atoms with Crippen LogP contribution >= 0.6 is 27.7 Å². The highest BCUT2D eigenvalue weighted by Gasteiger charge is 2.31. The lowest BCUT2D eigenvalue weighted by Gasteiger charge is -2.07. The summed E-state index contributed by atoms with van der Waals surface area (Å²) in [6.07, 6.45) is 1.12. The molecule has 1 aromatic rings. The summed E-state index contributed by atoms with van der Waals surface area (Å²) in [6, 6.07) is 7.32. The number of amides is 2. The Morgan fingerprint density at radius 3 is 2.74 bits per heavy atom. The van der Waals surface area contributed by atoms with Crippen LogP contribution in [-0.2, 0) is 9.59 Å². The fourth-order valence-electron chi connectivity index (χ4n) is 1.95. The molecular weight excluding hydrogens is 378 g/mol. The van der Waals surface area contributed by atoms with Gasteiger partial charge in [0.05, 0.1) is 0 Å². The predicted octanol–water partition coefficient (Wildman–Crippen LogP) is 3.41. The molecule has 1 aliphatic heterocycles. The predicted molar refractivity (Wildman–Crippen MR) is 98.7 cm³/mol. The molecule has 7 heteroatoms. The fourth-order valence-corrected chi connectivity index (χ4v) is 3.21. The molecular formula is C16H20BrN3O2S. The fraction of sp³-hybridized carbons (Fsp3) is 0.438. The van der Waals surface area contributed by atoms with Gasteiger partial charge in [-0.3, -0.25) is 14.6 Å². The summed E-state index contributed by atoms with van der Waals surface area (Å²) in [5.41, 5.74) is 0.715. The Bertz CT molecular complexity index is 602. The second-order valence-corrected chi connectivity index (χ2v) is 7.83. The molecule has 23 heavy (non-hydrogen) atoms. The van der Waals surface area contributed by atoms with Gasteiger partial charge < -0.3 is 10.6 Å². The van der Waals surface area contributed by atoms with Crippen LogP contribution in [0.1, 0.15) is 26.7 Å². The molecule has 1 aliphatic rings. The summed E-state index contributed by atoms with van der Waals surface area (Å²) in [7, 11) is 0. The number of thioether (sulfide) groups is 1.